The summed E-state index contributed by atoms with van der Waals surface area (Å²) in [4.78, 5) is 31.0. The number of aryl methyl sites for hydroxylation is 1. The largest absolute Gasteiger partial charge is 0.459 e. The van der Waals surface area contributed by atoms with E-state index in [9.17, 15) is 14.9 Å². The number of hydrogen-bond acceptors (Lipinski definition) is 5. The van der Waals surface area contributed by atoms with Gasteiger partial charge in [0.15, 0.2) is 11.7 Å². The van der Waals surface area contributed by atoms with Gasteiger partial charge in [0.1, 0.15) is 0 Å². The Hall–Kier alpha value is -3.36. The molecule has 0 bridgehead atoms. The van der Waals surface area contributed by atoms with E-state index >= 15 is 0 Å². The Balaban J connectivity index is 1.36. The number of rotatable bonds is 7. The molecule has 9 nitrogen and oxygen atoms in total. The Morgan fingerprint density at radius 2 is 1.83 bits per heavy atom. The average Bonchev–Trinajstić information content (AvgIpc) is 3.31. The number of carbonyl (C=O) groups excluding carboxylic acids is 1. The molecule has 30 heavy (non-hydrogen) atoms. The molecule has 1 aromatic heterocycles. The summed E-state index contributed by atoms with van der Waals surface area (Å²) in [7, 11) is 1.76. The van der Waals surface area contributed by atoms with Crippen LogP contribution < -0.4 is 5.32 Å². The van der Waals surface area contributed by atoms with Crippen LogP contribution in [0.3, 0.4) is 0 Å². The van der Waals surface area contributed by atoms with E-state index in [0.29, 0.717) is 18.8 Å². The Morgan fingerprint density at radius 3 is 2.43 bits per heavy atom. The van der Waals surface area contributed by atoms with Gasteiger partial charge >= 0.3 is 0 Å². The van der Waals surface area contributed by atoms with Crippen LogP contribution >= 0.6 is 0 Å². The summed E-state index contributed by atoms with van der Waals surface area (Å²) in [6, 6.07) is 10.1. The fraction of sp³-hybridized carbons (Fsp3) is 0.429. The van der Waals surface area contributed by atoms with Crippen molar-refractivity contribution in [3.63, 3.8) is 0 Å². The highest BCUT2D eigenvalue weighted by molar-refractivity contribution is 5.91. The SMILES string of the molecule is CN=C(NCCCCc1ccc([N+](=O)[O-])cc1)N1CCN(C(=O)c2ccco2)CC1. The van der Waals surface area contributed by atoms with E-state index in [1.165, 1.54) is 6.26 Å². The number of piperazine rings is 1. The van der Waals surface area contributed by atoms with Crippen LogP contribution in [0.1, 0.15) is 29.0 Å². The molecule has 3 rings (SSSR count). The van der Waals surface area contributed by atoms with Gasteiger partial charge in [0.05, 0.1) is 11.2 Å². The predicted molar refractivity (Wildman–Crippen MR) is 114 cm³/mol. The maximum atomic E-state index is 12.4. The summed E-state index contributed by atoms with van der Waals surface area (Å²) in [6.07, 6.45) is 4.34. The second-order valence-electron chi connectivity index (χ2n) is 7.11. The summed E-state index contributed by atoms with van der Waals surface area (Å²) in [6.45, 7) is 3.48. The first-order valence-corrected chi connectivity index (χ1v) is 10.1. The van der Waals surface area contributed by atoms with Gasteiger partial charge in [0.25, 0.3) is 11.6 Å². The van der Waals surface area contributed by atoms with E-state index in [2.05, 4.69) is 15.2 Å². The van der Waals surface area contributed by atoms with Crippen LogP contribution in [0.4, 0.5) is 5.69 Å². The van der Waals surface area contributed by atoms with Crippen LogP contribution in [0.2, 0.25) is 0 Å². The number of nitro groups is 1. The van der Waals surface area contributed by atoms with Crippen molar-refractivity contribution < 1.29 is 14.1 Å². The van der Waals surface area contributed by atoms with E-state index in [4.69, 9.17) is 4.42 Å². The lowest BCUT2D eigenvalue weighted by Gasteiger charge is -2.36. The molecule has 160 valence electrons. The third-order valence-electron chi connectivity index (χ3n) is 5.13. The second kappa shape index (κ2) is 10.4. The molecule has 2 heterocycles. The van der Waals surface area contributed by atoms with E-state index in [-0.39, 0.29) is 16.5 Å². The van der Waals surface area contributed by atoms with E-state index in [0.717, 1.165) is 50.4 Å². The Labute approximate surface area is 175 Å². The van der Waals surface area contributed by atoms with Gasteiger partial charge in [-0.25, -0.2) is 0 Å². The monoisotopic (exact) mass is 413 g/mol. The van der Waals surface area contributed by atoms with Gasteiger partial charge in [-0.2, -0.15) is 0 Å². The number of aliphatic imine (C=N–C) groups is 1. The standard InChI is InChI=1S/C21H27N5O4/c1-22-21(23-11-3-2-5-17-7-9-18(10-8-17)26(28)29)25-14-12-24(13-15-25)20(27)19-6-4-16-30-19/h4,6-10,16H,2-3,5,11-15H2,1H3,(H,22,23). The summed E-state index contributed by atoms with van der Waals surface area (Å²) in [5.41, 5.74) is 1.22. The van der Waals surface area contributed by atoms with Crippen LogP contribution in [0.15, 0.2) is 52.1 Å². The van der Waals surface area contributed by atoms with E-state index in [1.54, 1.807) is 36.2 Å². The first-order chi connectivity index (χ1) is 14.6. The van der Waals surface area contributed by atoms with Crippen molar-refractivity contribution in [3.8, 4) is 0 Å². The molecule has 1 N–H and O–H groups in total. The lowest BCUT2D eigenvalue weighted by molar-refractivity contribution is -0.384. The number of benzene rings is 1. The molecular formula is C21H27N5O4. The lowest BCUT2D eigenvalue weighted by Crippen LogP contribution is -2.53. The minimum Gasteiger partial charge on any atom is -0.459 e. The van der Waals surface area contributed by atoms with Crippen molar-refractivity contribution in [1.29, 1.82) is 0 Å². The van der Waals surface area contributed by atoms with Crippen molar-refractivity contribution in [3.05, 3.63) is 64.1 Å². The average molecular weight is 413 g/mol. The van der Waals surface area contributed by atoms with Crippen molar-refractivity contribution in [2.75, 3.05) is 39.8 Å². The number of furan rings is 1. The minimum atomic E-state index is -0.383. The number of guanidine groups is 1. The number of nitrogens with one attached hydrogen (secondary N) is 1. The molecule has 1 aromatic carbocycles. The number of nitro benzene ring substituents is 1. The Kier molecular flexibility index (Phi) is 7.42. The molecule has 0 spiro atoms. The van der Waals surface area contributed by atoms with Gasteiger partial charge in [-0.05, 0) is 37.0 Å². The van der Waals surface area contributed by atoms with Crippen molar-refractivity contribution in [2.24, 2.45) is 4.99 Å². The minimum absolute atomic E-state index is 0.0751. The number of non-ortho nitro benzene ring substituents is 1. The van der Waals surface area contributed by atoms with Gasteiger partial charge in [-0.3, -0.25) is 19.9 Å². The van der Waals surface area contributed by atoms with Crippen molar-refractivity contribution in [1.82, 2.24) is 15.1 Å². The van der Waals surface area contributed by atoms with Gasteiger partial charge in [-0.15, -0.1) is 0 Å². The highest BCUT2D eigenvalue weighted by Gasteiger charge is 2.24. The van der Waals surface area contributed by atoms with Crippen LogP contribution in [-0.2, 0) is 6.42 Å². The Bertz CT molecular complexity index is 856. The molecule has 1 saturated heterocycles. The fourth-order valence-corrected chi connectivity index (χ4v) is 3.45. The zero-order chi connectivity index (χ0) is 21.3. The van der Waals surface area contributed by atoms with Crippen LogP contribution in [0.25, 0.3) is 0 Å². The van der Waals surface area contributed by atoms with Crippen molar-refractivity contribution >= 4 is 17.6 Å². The molecular weight excluding hydrogens is 386 g/mol. The van der Waals surface area contributed by atoms with Crippen LogP contribution in [0, 0.1) is 10.1 Å². The maximum absolute atomic E-state index is 12.4. The van der Waals surface area contributed by atoms with Gasteiger partial charge in [0, 0.05) is 51.9 Å². The topological polar surface area (TPSA) is 104 Å². The third-order valence-corrected chi connectivity index (χ3v) is 5.13. The molecule has 9 heteroatoms. The molecule has 1 amide bonds. The zero-order valence-corrected chi connectivity index (χ0v) is 17.1. The number of amides is 1. The molecule has 0 radical (unpaired) electrons. The summed E-state index contributed by atoms with van der Waals surface area (Å²) in [5, 5.41) is 14.1. The quantitative estimate of drug-likeness (QED) is 0.246. The third kappa shape index (κ3) is 5.59. The maximum Gasteiger partial charge on any atom is 0.289 e. The number of nitrogens with zero attached hydrogens (tertiary/aromatic N) is 4. The predicted octanol–water partition coefficient (Wildman–Crippen LogP) is 2.54. The van der Waals surface area contributed by atoms with Gasteiger partial charge in [-0.1, -0.05) is 12.1 Å². The zero-order valence-electron chi connectivity index (χ0n) is 17.1. The molecule has 0 aliphatic carbocycles. The molecule has 0 unspecified atom stereocenters. The number of carbonyl (C=O) groups is 1. The van der Waals surface area contributed by atoms with Crippen molar-refractivity contribution in [2.45, 2.75) is 19.3 Å². The number of unbranched alkanes of at least 4 members (excludes halogenated alkanes) is 1. The Morgan fingerprint density at radius 1 is 1.13 bits per heavy atom. The van der Waals surface area contributed by atoms with Crippen LogP contribution in [0.5, 0.6) is 0 Å². The lowest BCUT2D eigenvalue weighted by atomic mass is 10.1. The molecule has 1 aliphatic rings. The second-order valence-corrected chi connectivity index (χ2v) is 7.11. The normalized spacial score (nSPS) is 14.6. The molecule has 0 saturated carbocycles. The van der Waals surface area contributed by atoms with E-state index < -0.39 is 0 Å². The first kappa shape index (κ1) is 21.4. The van der Waals surface area contributed by atoms with E-state index in [1.807, 2.05) is 12.1 Å². The van der Waals surface area contributed by atoms with Gasteiger partial charge in [0.2, 0.25) is 0 Å². The fourth-order valence-electron chi connectivity index (χ4n) is 3.45. The molecule has 2 aromatic rings. The molecule has 1 fully saturated rings. The summed E-state index contributed by atoms with van der Waals surface area (Å²) < 4.78 is 5.20. The highest BCUT2D eigenvalue weighted by Crippen LogP contribution is 2.14. The highest BCUT2D eigenvalue weighted by atomic mass is 16.6. The smallest absolute Gasteiger partial charge is 0.289 e. The summed E-state index contributed by atoms with van der Waals surface area (Å²) in [5.74, 6) is 1.14. The molecule has 1 aliphatic heterocycles. The molecule has 0 atom stereocenters. The van der Waals surface area contributed by atoms with Gasteiger partial charge < -0.3 is 19.5 Å². The summed E-state index contributed by atoms with van der Waals surface area (Å²) >= 11 is 0. The first-order valence-electron chi connectivity index (χ1n) is 10.1. The van der Waals surface area contributed by atoms with Crippen LogP contribution in [-0.4, -0.2) is 66.4 Å². The number of hydrogen-bond donors (Lipinski definition) is 1.